The first-order valence-corrected chi connectivity index (χ1v) is 12.9. The van der Waals surface area contributed by atoms with Crippen LogP contribution in [0, 0.1) is 13.8 Å². The third kappa shape index (κ3) is 5.55. The van der Waals surface area contributed by atoms with E-state index in [9.17, 15) is 13.2 Å². The molecular weight excluding hydrogens is 462 g/mol. The van der Waals surface area contributed by atoms with Crippen LogP contribution in [0.15, 0.2) is 77.8 Å². The summed E-state index contributed by atoms with van der Waals surface area (Å²) in [5.41, 5.74) is 4.38. The second-order valence-electron chi connectivity index (χ2n) is 8.38. The Labute approximate surface area is 205 Å². The summed E-state index contributed by atoms with van der Waals surface area (Å²) in [4.78, 5) is 16.7. The molecule has 0 aliphatic heterocycles. The predicted molar refractivity (Wildman–Crippen MR) is 138 cm³/mol. The molecule has 0 saturated heterocycles. The van der Waals surface area contributed by atoms with Gasteiger partial charge in [0.1, 0.15) is 11.8 Å². The van der Waals surface area contributed by atoms with Crippen LogP contribution < -0.4 is 14.8 Å². The van der Waals surface area contributed by atoms with Crippen molar-refractivity contribution >= 4 is 32.5 Å². The molecule has 7 nitrogen and oxygen atoms in total. The molecule has 1 heterocycles. The molecule has 0 saturated carbocycles. The number of benzene rings is 3. The molecule has 4 aromatic rings. The van der Waals surface area contributed by atoms with E-state index in [1.165, 1.54) is 12.1 Å². The van der Waals surface area contributed by atoms with E-state index in [1.54, 1.807) is 12.1 Å². The summed E-state index contributed by atoms with van der Waals surface area (Å²) in [5, 5.41) is 3.86. The highest BCUT2D eigenvalue weighted by Gasteiger charge is 2.27. The van der Waals surface area contributed by atoms with E-state index >= 15 is 0 Å². The molecule has 0 radical (unpaired) electrons. The van der Waals surface area contributed by atoms with Gasteiger partial charge in [0.2, 0.25) is 15.9 Å². The number of H-pyrrole nitrogens is 1. The van der Waals surface area contributed by atoms with E-state index in [4.69, 9.17) is 4.74 Å². The Balaban J connectivity index is 1.64. The van der Waals surface area contributed by atoms with Gasteiger partial charge in [-0.1, -0.05) is 30.3 Å². The van der Waals surface area contributed by atoms with Gasteiger partial charge >= 0.3 is 0 Å². The van der Waals surface area contributed by atoms with Crippen molar-refractivity contribution in [3.05, 3.63) is 89.6 Å². The number of ether oxygens (including phenoxy) is 1. The van der Waals surface area contributed by atoms with Gasteiger partial charge in [-0.3, -0.25) is 4.79 Å². The van der Waals surface area contributed by atoms with Crippen LogP contribution in [0.1, 0.15) is 23.6 Å². The van der Waals surface area contributed by atoms with Crippen molar-refractivity contribution in [1.29, 1.82) is 0 Å². The number of aromatic nitrogens is 1. The van der Waals surface area contributed by atoms with Crippen LogP contribution in [-0.2, 0) is 21.2 Å². The molecule has 0 aliphatic rings. The van der Waals surface area contributed by atoms with E-state index in [1.807, 2.05) is 69.4 Å². The Morgan fingerprint density at radius 2 is 1.74 bits per heavy atom. The third-order valence-corrected chi connectivity index (χ3v) is 7.51. The molecular formula is C27H29N3O4S. The first-order chi connectivity index (χ1) is 16.8. The Morgan fingerprint density at radius 3 is 2.49 bits per heavy atom. The molecule has 1 aromatic heterocycles. The van der Waals surface area contributed by atoms with Crippen molar-refractivity contribution in [3.63, 3.8) is 0 Å². The topological polar surface area (TPSA) is 100 Å². The van der Waals surface area contributed by atoms with Gasteiger partial charge < -0.3 is 15.0 Å². The third-order valence-electron chi connectivity index (χ3n) is 6.02. The van der Waals surface area contributed by atoms with Gasteiger partial charge in [0.05, 0.1) is 11.5 Å². The number of aromatic amines is 1. The maximum absolute atomic E-state index is 13.4. The van der Waals surface area contributed by atoms with E-state index in [-0.39, 0.29) is 11.3 Å². The summed E-state index contributed by atoms with van der Waals surface area (Å²) >= 11 is 0. The number of hydrogen-bond acceptors (Lipinski definition) is 4. The molecule has 0 aliphatic carbocycles. The normalized spacial score (nSPS) is 12.4. The molecule has 1 amide bonds. The Morgan fingerprint density at radius 1 is 1.00 bits per heavy atom. The Hall–Kier alpha value is -3.62. The van der Waals surface area contributed by atoms with Crippen LogP contribution in [0.5, 0.6) is 5.75 Å². The fraction of sp³-hybridized carbons (Fsp3) is 0.222. The highest BCUT2D eigenvalue weighted by molar-refractivity contribution is 7.89. The van der Waals surface area contributed by atoms with E-state index < -0.39 is 22.0 Å². The molecule has 1 atom stereocenters. The maximum atomic E-state index is 13.4. The summed E-state index contributed by atoms with van der Waals surface area (Å²) in [6.07, 6.45) is 1.99. The molecule has 0 spiro atoms. The van der Waals surface area contributed by atoms with Crippen LogP contribution in [-0.4, -0.2) is 32.0 Å². The lowest BCUT2D eigenvalue weighted by Gasteiger charge is -2.20. The monoisotopic (exact) mass is 491 g/mol. The number of carbonyl (C=O) groups is 1. The standard InChI is InChI=1S/C27H29N3O4S/c1-4-34-21-12-14-22(15-13-21)35(32,33)30-26(16-20-17-28-25-10-6-5-9-23(20)25)27(31)29-24-11-7-8-18(2)19(24)3/h5-15,17,26,28,30H,4,16H2,1-3H3,(H,29,31)/t26-/m0/s1. The van der Waals surface area contributed by atoms with Crippen LogP contribution >= 0.6 is 0 Å². The van der Waals surface area contributed by atoms with Crippen molar-refractivity contribution in [2.75, 3.05) is 11.9 Å². The minimum absolute atomic E-state index is 0.0596. The lowest BCUT2D eigenvalue weighted by molar-refractivity contribution is -0.117. The van der Waals surface area contributed by atoms with Gasteiger partial charge in [-0.15, -0.1) is 0 Å². The van der Waals surface area contributed by atoms with Crippen molar-refractivity contribution in [2.45, 2.75) is 38.1 Å². The fourth-order valence-corrected chi connectivity index (χ4v) is 5.15. The van der Waals surface area contributed by atoms with E-state index in [0.717, 1.165) is 27.6 Å². The quantitative estimate of drug-likeness (QED) is 0.316. The number of rotatable bonds is 9. The molecule has 0 fully saturated rings. The lowest BCUT2D eigenvalue weighted by atomic mass is 10.0. The summed E-state index contributed by atoms with van der Waals surface area (Å²) < 4.78 is 34.5. The highest BCUT2D eigenvalue weighted by atomic mass is 32.2. The Kier molecular flexibility index (Phi) is 7.23. The molecule has 3 N–H and O–H groups in total. The fourth-order valence-electron chi connectivity index (χ4n) is 3.95. The highest BCUT2D eigenvalue weighted by Crippen LogP contribution is 2.23. The number of sulfonamides is 1. The molecule has 0 bridgehead atoms. The number of amides is 1. The number of hydrogen-bond donors (Lipinski definition) is 3. The van der Waals surface area contributed by atoms with Gasteiger partial charge in [-0.2, -0.15) is 4.72 Å². The van der Waals surface area contributed by atoms with Crippen molar-refractivity contribution in [3.8, 4) is 5.75 Å². The van der Waals surface area contributed by atoms with E-state index in [2.05, 4.69) is 15.0 Å². The first-order valence-electron chi connectivity index (χ1n) is 11.5. The van der Waals surface area contributed by atoms with Gasteiger partial charge in [-0.05, 0) is 80.3 Å². The minimum Gasteiger partial charge on any atom is -0.494 e. The van der Waals surface area contributed by atoms with Gasteiger partial charge in [0.25, 0.3) is 0 Å². The largest absolute Gasteiger partial charge is 0.494 e. The molecule has 8 heteroatoms. The number of fused-ring (bicyclic) bond motifs is 1. The van der Waals surface area contributed by atoms with Gasteiger partial charge in [0.15, 0.2) is 0 Å². The first kappa shape index (κ1) is 24.5. The maximum Gasteiger partial charge on any atom is 0.242 e. The van der Waals surface area contributed by atoms with Crippen LogP contribution in [0.4, 0.5) is 5.69 Å². The van der Waals surface area contributed by atoms with Crippen LogP contribution in [0.3, 0.4) is 0 Å². The molecule has 35 heavy (non-hydrogen) atoms. The second-order valence-corrected chi connectivity index (χ2v) is 10.1. The van der Waals surface area contributed by atoms with Crippen molar-refractivity contribution in [2.24, 2.45) is 0 Å². The average Bonchev–Trinajstić information content (AvgIpc) is 3.25. The zero-order valence-corrected chi connectivity index (χ0v) is 20.8. The molecule has 4 rings (SSSR count). The summed E-state index contributed by atoms with van der Waals surface area (Å²) in [7, 11) is -3.98. The summed E-state index contributed by atoms with van der Waals surface area (Å²) in [6, 6.07) is 18.4. The summed E-state index contributed by atoms with van der Waals surface area (Å²) in [6.45, 7) is 6.22. The SMILES string of the molecule is CCOc1ccc(S(=O)(=O)N[C@@H](Cc2c[nH]c3ccccc23)C(=O)Nc2cccc(C)c2C)cc1. The van der Waals surface area contributed by atoms with Crippen LogP contribution in [0.2, 0.25) is 0 Å². The number of aryl methyl sites for hydroxylation is 1. The number of para-hydroxylation sites is 1. The van der Waals surface area contributed by atoms with Crippen molar-refractivity contribution in [1.82, 2.24) is 9.71 Å². The molecule has 3 aromatic carbocycles. The summed E-state index contributed by atoms with van der Waals surface area (Å²) in [5.74, 6) is 0.146. The van der Waals surface area contributed by atoms with Gasteiger partial charge in [0, 0.05) is 22.8 Å². The Bertz CT molecular complexity index is 1440. The van der Waals surface area contributed by atoms with E-state index in [0.29, 0.717) is 18.0 Å². The smallest absolute Gasteiger partial charge is 0.242 e. The number of nitrogens with one attached hydrogen (secondary N) is 3. The second kappa shape index (κ2) is 10.3. The molecule has 0 unspecified atom stereocenters. The lowest BCUT2D eigenvalue weighted by Crippen LogP contribution is -2.45. The van der Waals surface area contributed by atoms with Crippen LogP contribution in [0.25, 0.3) is 10.9 Å². The zero-order chi connectivity index (χ0) is 25.0. The zero-order valence-electron chi connectivity index (χ0n) is 20.0. The minimum atomic E-state index is -3.98. The van der Waals surface area contributed by atoms with Gasteiger partial charge in [-0.25, -0.2) is 8.42 Å². The predicted octanol–water partition coefficient (Wildman–Crippen LogP) is 4.71. The van der Waals surface area contributed by atoms with Crippen molar-refractivity contribution < 1.29 is 17.9 Å². The average molecular weight is 492 g/mol. The number of carbonyl (C=O) groups excluding carboxylic acids is 1. The molecule has 182 valence electrons. The number of anilines is 1.